The van der Waals surface area contributed by atoms with Gasteiger partial charge in [0.15, 0.2) is 10.2 Å². The maximum atomic E-state index is 5.87. The summed E-state index contributed by atoms with van der Waals surface area (Å²) < 4.78 is 3.35. The van der Waals surface area contributed by atoms with Crippen molar-refractivity contribution in [2.45, 2.75) is 19.0 Å². The van der Waals surface area contributed by atoms with Crippen LogP contribution in [0.3, 0.4) is 0 Å². The molecule has 162 valence electrons. The summed E-state index contributed by atoms with van der Waals surface area (Å²) in [5.74, 6) is 0. The average Bonchev–Trinajstić information content (AvgIpc) is 3.55. The van der Waals surface area contributed by atoms with Crippen molar-refractivity contribution in [3.05, 3.63) is 108 Å². The molecule has 6 rings (SSSR count). The summed E-state index contributed by atoms with van der Waals surface area (Å²) >= 11 is 7.56. The van der Waals surface area contributed by atoms with Crippen LogP contribution in [0.15, 0.2) is 91.3 Å². The quantitative estimate of drug-likeness (QED) is 0.330. The number of para-hydroxylation sites is 1. The maximum absolute atomic E-state index is 5.87. The Hall–Kier alpha value is -3.55. The van der Waals surface area contributed by atoms with Gasteiger partial charge in [-0.3, -0.25) is 9.55 Å². The Morgan fingerprint density at radius 3 is 2.67 bits per heavy atom. The highest BCUT2D eigenvalue weighted by Crippen LogP contribution is 2.42. The Kier molecular flexibility index (Phi) is 4.93. The van der Waals surface area contributed by atoms with Crippen molar-refractivity contribution in [1.29, 1.82) is 0 Å². The molecule has 7 heteroatoms. The van der Waals surface area contributed by atoms with E-state index in [1.54, 1.807) is 11.3 Å². The predicted molar refractivity (Wildman–Crippen MR) is 138 cm³/mol. The largest absolute Gasteiger partial charge is 0.351 e. The number of nitrogens with one attached hydrogen (secondary N) is 1. The van der Waals surface area contributed by atoms with Crippen LogP contribution in [-0.4, -0.2) is 19.6 Å². The first kappa shape index (κ1) is 20.1. The molecule has 5 nitrogen and oxygen atoms in total. The first-order valence-corrected chi connectivity index (χ1v) is 12.0. The van der Waals surface area contributed by atoms with Crippen LogP contribution in [-0.2, 0) is 0 Å². The zero-order valence-electron chi connectivity index (χ0n) is 17.9. The van der Waals surface area contributed by atoms with Crippen LogP contribution in [0.2, 0.25) is 0 Å². The lowest BCUT2D eigenvalue weighted by atomic mass is 10.0. The number of aryl methyl sites for hydroxylation is 1. The molecule has 0 aliphatic carbocycles. The summed E-state index contributed by atoms with van der Waals surface area (Å²) in [6.07, 6.45) is 3.91. The van der Waals surface area contributed by atoms with Gasteiger partial charge >= 0.3 is 0 Å². The van der Waals surface area contributed by atoms with E-state index in [-0.39, 0.29) is 12.1 Å². The van der Waals surface area contributed by atoms with Crippen LogP contribution >= 0.6 is 23.6 Å². The van der Waals surface area contributed by atoms with E-state index in [1.807, 2.05) is 24.4 Å². The van der Waals surface area contributed by atoms with Crippen LogP contribution in [0, 0.1) is 6.92 Å². The smallest absolute Gasteiger partial charge is 0.194 e. The fourth-order valence-corrected chi connectivity index (χ4v) is 5.80. The SMILES string of the molecule is Cc1cccc(N2C(=S)N[C@H](c3ccccn3)[C@@H]2c2cccn2-c2nc3ccccc3s2)c1. The molecule has 0 bridgehead atoms. The molecule has 4 heterocycles. The Morgan fingerprint density at radius 2 is 1.85 bits per heavy atom. The highest BCUT2D eigenvalue weighted by molar-refractivity contribution is 7.80. The van der Waals surface area contributed by atoms with E-state index >= 15 is 0 Å². The monoisotopic (exact) mass is 467 g/mol. The summed E-state index contributed by atoms with van der Waals surface area (Å²) in [6, 6.07) is 26.8. The van der Waals surface area contributed by atoms with Gasteiger partial charge < -0.3 is 10.2 Å². The molecule has 3 aromatic heterocycles. The van der Waals surface area contributed by atoms with E-state index in [1.165, 1.54) is 10.3 Å². The zero-order chi connectivity index (χ0) is 22.4. The second-order valence-electron chi connectivity index (χ2n) is 8.10. The fraction of sp³-hybridized carbons (Fsp3) is 0.115. The molecule has 0 saturated carbocycles. The maximum Gasteiger partial charge on any atom is 0.194 e. The molecule has 1 aliphatic rings. The van der Waals surface area contributed by atoms with E-state index in [2.05, 4.69) is 93.6 Å². The van der Waals surface area contributed by atoms with Crippen molar-refractivity contribution in [3.63, 3.8) is 0 Å². The summed E-state index contributed by atoms with van der Waals surface area (Å²) in [5.41, 5.74) is 5.33. The second kappa shape index (κ2) is 8.10. The molecule has 1 saturated heterocycles. The van der Waals surface area contributed by atoms with Crippen molar-refractivity contribution < 1.29 is 0 Å². The number of nitrogens with zero attached hydrogens (tertiary/aromatic N) is 4. The Morgan fingerprint density at radius 1 is 0.970 bits per heavy atom. The minimum absolute atomic E-state index is 0.0868. The van der Waals surface area contributed by atoms with E-state index in [0.29, 0.717) is 5.11 Å². The number of rotatable bonds is 4. The number of aromatic nitrogens is 3. The molecule has 33 heavy (non-hydrogen) atoms. The molecule has 5 aromatic rings. The van der Waals surface area contributed by atoms with Gasteiger partial charge in [0.05, 0.1) is 27.6 Å². The van der Waals surface area contributed by atoms with Crippen LogP contribution in [0.1, 0.15) is 29.0 Å². The van der Waals surface area contributed by atoms with Crippen LogP contribution < -0.4 is 10.2 Å². The van der Waals surface area contributed by atoms with Gasteiger partial charge in [-0.2, -0.15) is 0 Å². The highest BCUT2D eigenvalue weighted by Gasteiger charge is 2.42. The van der Waals surface area contributed by atoms with Gasteiger partial charge in [0.25, 0.3) is 0 Å². The minimum Gasteiger partial charge on any atom is -0.351 e. The van der Waals surface area contributed by atoms with Gasteiger partial charge in [0.2, 0.25) is 0 Å². The number of benzene rings is 2. The molecular formula is C26H21N5S2. The van der Waals surface area contributed by atoms with E-state index in [9.17, 15) is 0 Å². The molecule has 1 fully saturated rings. The number of hydrogen-bond donors (Lipinski definition) is 1. The van der Waals surface area contributed by atoms with Gasteiger partial charge in [-0.25, -0.2) is 4.98 Å². The molecule has 1 aliphatic heterocycles. The highest BCUT2D eigenvalue weighted by atomic mass is 32.1. The lowest BCUT2D eigenvalue weighted by Crippen LogP contribution is -2.30. The van der Waals surface area contributed by atoms with E-state index in [0.717, 1.165) is 27.7 Å². The Balaban J connectivity index is 1.52. The molecule has 0 spiro atoms. The Bertz CT molecular complexity index is 1420. The molecular weight excluding hydrogens is 446 g/mol. The third-order valence-corrected chi connectivity index (χ3v) is 7.30. The lowest BCUT2D eigenvalue weighted by Gasteiger charge is -2.28. The first-order chi connectivity index (χ1) is 16.2. The summed E-state index contributed by atoms with van der Waals surface area (Å²) in [6.45, 7) is 2.10. The molecule has 0 radical (unpaired) electrons. The standard InChI is InChI=1S/C26H21N5S2/c1-17-8-6-9-18(16-17)31-24(23(29-25(31)32)20-11-4-5-14-27-20)21-12-7-15-30(21)26-28-19-10-2-3-13-22(19)33-26/h2-16,23-24H,1H3,(H,29,32)/t23-,24+/m1/s1. The third-order valence-electron chi connectivity index (χ3n) is 5.95. The van der Waals surface area contributed by atoms with Crippen molar-refractivity contribution in [1.82, 2.24) is 19.9 Å². The van der Waals surface area contributed by atoms with Gasteiger partial charge in [-0.1, -0.05) is 41.7 Å². The number of pyridine rings is 1. The molecule has 1 N–H and O–H groups in total. The number of anilines is 1. The van der Waals surface area contributed by atoms with Gasteiger partial charge in [-0.15, -0.1) is 0 Å². The third kappa shape index (κ3) is 3.50. The summed E-state index contributed by atoms with van der Waals surface area (Å²) in [7, 11) is 0. The topological polar surface area (TPSA) is 46.0 Å². The van der Waals surface area contributed by atoms with Crippen molar-refractivity contribution in [3.8, 4) is 5.13 Å². The van der Waals surface area contributed by atoms with Gasteiger partial charge in [0, 0.05) is 18.1 Å². The minimum atomic E-state index is -0.0951. The number of hydrogen-bond acceptors (Lipinski definition) is 4. The average molecular weight is 468 g/mol. The van der Waals surface area contributed by atoms with Crippen molar-refractivity contribution in [2.24, 2.45) is 0 Å². The number of thiazole rings is 1. The normalized spacial score (nSPS) is 18.1. The van der Waals surface area contributed by atoms with Crippen LogP contribution in [0.5, 0.6) is 0 Å². The summed E-state index contributed by atoms with van der Waals surface area (Å²) in [5, 5.41) is 5.18. The number of fused-ring (bicyclic) bond motifs is 1. The van der Waals surface area contributed by atoms with Crippen LogP contribution in [0.4, 0.5) is 5.69 Å². The lowest BCUT2D eigenvalue weighted by molar-refractivity contribution is 0.549. The van der Waals surface area contributed by atoms with E-state index < -0.39 is 0 Å². The second-order valence-corrected chi connectivity index (χ2v) is 9.50. The van der Waals surface area contributed by atoms with Crippen molar-refractivity contribution >= 4 is 44.6 Å². The predicted octanol–water partition coefficient (Wildman–Crippen LogP) is 5.97. The summed E-state index contributed by atoms with van der Waals surface area (Å²) in [4.78, 5) is 11.8. The fourth-order valence-electron chi connectivity index (χ4n) is 4.48. The molecule has 2 aromatic carbocycles. The molecule has 0 unspecified atom stereocenters. The number of thiocarbonyl (C=S) groups is 1. The van der Waals surface area contributed by atoms with Gasteiger partial charge in [0.1, 0.15) is 6.04 Å². The zero-order valence-corrected chi connectivity index (χ0v) is 19.6. The molecule has 2 atom stereocenters. The van der Waals surface area contributed by atoms with E-state index in [4.69, 9.17) is 17.2 Å². The van der Waals surface area contributed by atoms with Crippen LogP contribution in [0.25, 0.3) is 15.3 Å². The molecule has 0 amide bonds. The van der Waals surface area contributed by atoms with Crippen molar-refractivity contribution in [2.75, 3.05) is 4.90 Å². The first-order valence-electron chi connectivity index (χ1n) is 10.8. The Labute approximate surface area is 201 Å². The van der Waals surface area contributed by atoms with Gasteiger partial charge in [-0.05, 0) is 73.2 Å².